The lowest BCUT2D eigenvalue weighted by Crippen LogP contribution is -2.30. The highest BCUT2D eigenvalue weighted by molar-refractivity contribution is 5.71. The summed E-state index contributed by atoms with van der Waals surface area (Å²) in [6.45, 7) is 6.73. The lowest BCUT2D eigenvalue weighted by molar-refractivity contribution is -0.167. The Kier molecular flexibility index (Phi) is 70.0. The van der Waals surface area contributed by atoms with E-state index in [0.717, 1.165) is 64.2 Å². The third kappa shape index (κ3) is 68.9. The van der Waals surface area contributed by atoms with Crippen LogP contribution in [0.4, 0.5) is 0 Å². The van der Waals surface area contributed by atoms with E-state index in [2.05, 4.69) is 32.9 Å². The molecule has 0 fully saturated rings. The van der Waals surface area contributed by atoms with E-state index < -0.39 is 6.10 Å². The molecule has 0 saturated heterocycles. The summed E-state index contributed by atoms with van der Waals surface area (Å²) in [5.74, 6) is -0.838. The van der Waals surface area contributed by atoms with Gasteiger partial charge in [0, 0.05) is 19.3 Å². The average Bonchev–Trinajstić information content (AvgIpc) is 3.47. The SMILES string of the molecule is CCCCCCCCC/C=C\CCCCCCCC(=O)OC(COC(=O)CCCCCCCCCCCCCCCCCC)COC(=O)CCCCCCCCCCCCCCCCCCCCCCCCCCCCCCCCCC. The van der Waals surface area contributed by atoms with Crippen LogP contribution in [0.2, 0.25) is 0 Å². The van der Waals surface area contributed by atoms with Gasteiger partial charge in [0.05, 0.1) is 0 Å². The van der Waals surface area contributed by atoms with E-state index in [0.29, 0.717) is 19.3 Å². The van der Waals surface area contributed by atoms with E-state index in [1.165, 1.54) is 334 Å². The molecule has 0 rings (SSSR count). The Labute approximate surface area is 513 Å². The summed E-state index contributed by atoms with van der Waals surface area (Å²) >= 11 is 0. The van der Waals surface area contributed by atoms with Crippen molar-refractivity contribution in [3.8, 4) is 0 Å². The normalized spacial score (nSPS) is 12.0. The maximum absolute atomic E-state index is 12.9. The van der Waals surface area contributed by atoms with Gasteiger partial charge >= 0.3 is 17.9 Å². The zero-order valence-electron chi connectivity index (χ0n) is 56.1. The molecule has 1 atom stereocenters. The smallest absolute Gasteiger partial charge is 0.306 e. The van der Waals surface area contributed by atoms with Crippen LogP contribution in [-0.2, 0) is 28.6 Å². The van der Waals surface area contributed by atoms with Crippen LogP contribution in [0, 0.1) is 0 Å². The number of esters is 3. The van der Waals surface area contributed by atoms with Crippen molar-refractivity contribution in [3.05, 3.63) is 12.2 Å². The molecule has 0 aromatic heterocycles. The van der Waals surface area contributed by atoms with Crippen molar-refractivity contribution >= 4 is 17.9 Å². The van der Waals surface area contributed by atoms with Gasteiger partial charge in [0.15, 0.2) is 6.10 Å². The molecule has 0 radical (unpaired) electrons. The first kappa shape index (κ1) is 80.2. The molecule has 0 aliphatic carbocycles. The molecule has 0 aromatic carbocycles. The minimum absolute atomic E-state index is 0.0665. The van der Waals surface area contributed by atoms with E-state index >= 15 is 0 Å². The molecule has 0 aliphatic heterocycles. The maximum atomic E-state index is 12.9. The Morgan fingerprint density at radius 3 is 0.610 bits per heavy atom. The lowest BCUT2D eigenvalue weighted by atomic mass is 10.0. The van der Waals surface area contributed by atoms with Gasteiger partial charge in [0.2, 0.25) is 0 Å². The van der Waals surface area contributed by atoms with Crippen LogP contribution in [-0.4, -0.2) is 37.2 Å². The Morgan fingerprint density at radius 2 is 0.402 bits per heavy atom. The predicted octanol–water partition coefficient (Wildman–Crippen LogP) is 26.0. The van der Waals surface area contributed by atoms with Gasteiger partial charge in [0.1, 0.15) is 13.2 Å². The molecule has 0 aromatic rings. The molecule has 0 amide bonds. The van der Waals surface area contributed by atoms with Crippen molar-refractivity contribution in [2.75, 3.05) is 13.2 Å². The summed E-state index contributed by atoms with van der Waals surface area (Å²) in [5.41, 5.74) is 0. The second-order valence-electron chi connectivity index (χ2n) is 25.9. The molecule has 0 heterocycles. The number of carbonyl (C=O) groups excluding carboxylic acids is 3. The topological polar surface area (TPSA) is 78.9 Å². The number of carbonyl (C=O) groups is 3. The fraction of sp³-hybridized carbons (Fsp3) is 0.934. The zero-order valence-corrected chi connectivity index (χ0v) is 56.1. The van der Waals surface area contributed by atoms with E-state index in [4.69, 9.17) is 14.2 Å². The first-order valence-electron chi connectivity index (χ1n) is 37.7. The monoisotopic (exact) mass is 1160 g/mol. The highest BCUT2D eigenvalue weighted by atomic mass is 16.6. The number of rotatable bonds is 71. The first-order valence-corrected chi connectivity index (χ1v) is 37.7. The Bertz CT molecular complexity index is 1280. The molecular weight excluding hydrogens is 1010 g/mol. The van der Waals surface area contributed by atoms with Crippen molar-refractivity contribution in [1.29, 1.82) is 0 Å². The number of allylic oxidation sites excluding steroid dienone is 2. The third-order valence-electron chi connectivity index (χ3n) is 17.5. The minimum Gasteiger partial charge on any atom is -0.462 e. The fourth-order valence-electron chi connectivity index (χ4n) is 11.9. The van der Waals surface area contributed by atoms with Crippen molar-refractivity contribution in [2.24, 2.45) is 0 Å². The van der Waals surface area contributed by atoms with Crippen molar-refractivity contribution in [1.82, 2.24) is 0 Å². The molecule has 6 heteroatoms. The summed E-state index contributed by atoms with van der Waals surface area (Å²) in [7, 11) is 0. The standard InChI is InChI=1S/C76H146O6/c1-4-7-10-13-16-19-22-25-28-31-32-33-34-35-36-37-38-39-40-41-42-43-44-45-46-49-51-54-57-60-63-66-69-75(78)81-72-73(82-76(79)70-67-64-61-58-55-52-48-30-27-24-21-18-15-12-9-6-3)71-80-74(77)68-65-62-59-56-53-50-47-29-26-23-20-17-14-11-8-5-2/h30,48,73H,4-29,31-47,49-72H2,1-3H3/b48-30-. The minimum atomic E-state index is -0.771. The van der Waals surface area contributed by atoms with Crippen molar-refractivity contribution in [2.45, 2.75) is 444 Å². The Balaban J connectivity index is 4.12. The number of ether oxygens (including phenoxy) is 3. The first-order chi connectivity index (χ1) is 40.5. The second kappa shape index (κ2) is 71.6. The van der Waals surface area contributed by atoms with Gasteiger partial charge in [-0.3, -0.25) is 14.4 Å². The molecular formula is C76H146O6. The van der Waals surface area contributed by atoms with Crippen LogP contribution >= 0.6 is 0 Å². The lowest BCUT2D eigenvalue weighted by Gasteiger charge is -2.18. The van der Waals surface area contributed by atoms with E-state index in [9.17, 15) is 14.4 Å². The molecule has 486 valence electrons. The molecule has 6 nitrogen and oxygen atoms in total. The van der Waals surface area contributed by atoms with E-state index in [-0.39, 0.29) is 31.1 Å². The van der Waals surface area contributed by atoms with Crippen molar-refractivity contribution in [3.63, 3.8) is 0 Å². The summed E-state index contributed by atoms with van der Waals surface area (Å²) in [6.07, 6.45) is 87.0. The highest BCUT2D eigenvalue weighted by Gasteiger charge is 2.20. The van der Waals surface area contributed by atoms with E-state index in [1.54, 1.807) is 0 Å². The second-order valence-corrected chi connectivity index (χ2v) is 25.9. The Hall–Kier alpha value is -1.85. The van der Waals surface area contributed by atoms with Gasteiger partial charge in [-0.25, -0.2) is 0 Å². The maximum Gasteiger partial charge on any atom is 0.306 e. The van der Waals surface area contributed by atoms with Gasteiger partial charge in [-0.05, 0) is 44.9 Å². The summed E-state index contributed by atoms with van der Waals surface area (Å²) in [6, 6.07) is 0. The van der Waals surface area contributed by atoms with Crippen LogP contribution in [0.3, 0.4) is 0 Å². The highest BCUT2D eigenvalue weighted by Crippen LogP contribution is 2.20. The predicted molar refractivity (Wildman–Crippen MR) is 358 cm³/mol. The summed E-state index contributed by atoms with van der Waals surface area (Å²) in [4.78, 5) is 38.5. The van der Waals surface area contributed by atoms with Crippen molar-refractivity contribution < 1.29 is 28.6 Å². The molecule has 0 spiro atoms. The zero-order chi connectivity index (χ0) is 59.2. The molecule has 0 bridgehead atoms. The largest absolute Gasteiger partial charge is 0.462 e. The van der Waals surface area contributed by atoms with Gasteiger partial charge in [-0.15, -0.1) is 0 Å². The number of unbranched alkanes of at least 4 members (excludes halogenated alkanes) is 58. The van der Waals surface area contributed by atoms with Crippen LogP contribution in [0.5, 0.6) is 0 Å². The van der Waals surface area contributed by atoms with Gasteiger partial charge in [-0.1, -0.05) is 386 Å². The van der Waals surface area contributed by atoms with Gasteiger partial charge < -0.3 is 14.2 Å². The van der Waals surface area contributed by atoms with E-state index in [1.807, 2.05) is 0 Å². The molecule has 0 saturated carbocycles. The third-order valence-corrected chi connectivity index (χ3v) is 17.5. The fourth-order valence-corrected chi connectivity index (χ4v) is 11.9. The van der Waals surface area contributed by atoms with Gasteiger partial charge in [-0.2, -0.15) is 0 Å². The average molecular weight is 1160 g/mol. The molecule has 82 heavy (non-hydrogen) atoms. The van der Waals surface area contributed by atoms with Gasteiger partial charge in [0.25, 0.3) is 0 Å². The van der Waals surface area contributed by atoms with Crippen LogP contribution in [0.1, 0.15) is 438 Å². The van der Waals surface area contributed by atoms with Crippen LogP contribution < -0.4 is 0 Å². The number of hydrogen-bond donors (Lipinski definition) is 0. The quantitative estimate of drug-likeness (QED) is 0.0261. The van der Waals surface area contributed by atoms with Crippen LogP contribution in [0.15, 0.2) is 12.2 Å². The summed E-state index contributed by atoms with van der Waals surface area (Å²) < 4.78 is 17.0. The molecule has 0 N–H and O–H groups in total. The number of hydrogen-bond acceptors (Lipinski definition) is 6. The summed E-state index contributed by atoms with van der Waals surface area (Å²) in [5, 5.41) is 0. The Morgan fingerprint density at radius 1 is 0.232 bits per heavy atom. The molecule has 0 aliphatic rings. The molecule has 1 unspecified atom stereocenters. The van der Waals surface area contributed by atoms with Crippen LogP contribution in [0.25, 0.3) is 0 Å².